The Morgan fingerprint density at radius 3 is 2.15 bits per heavy atom. The van der Waals surface area contributed by atoms with Crippen LogP contribution in [0.1, 0.15) is 38.6 Å². The van der Waals surface area contributed by atoms with E-state index < -0.39 is 10.0 Å². The van der Waals surface area contributed by atoms with Gasteiger partial charge in [0.2, 0.25) is 10.0 Å². The zero-order chi connectivity index (χ0) is 19.9. The summed E-state index contributed by atoms with van der Waals surface area (Å²) in [5.74, 6) is 1.26. The highest BCUT2D eigenvalue weighted by Gasteiger charge is 2.32. The number of sulfonamides is 1. The van der Waals surface area contributed by atoms with Crippen molar-refractivity contribution in [2.45, 2.75) is 39.5 Å². The zero-order valence-corrected chi connectivity index (χ0v) is 17.3. The first-order valence-corrected chi connectivity index (χ1v) is 10.5. The van der Waals surface area contributed by atoms with Crippen molar-refractivity contribution in [2.75, 3.05) is 26.2 Å². The number of carbonyl (C=O) groups is 1. The van der Waals surface area contributed by atoms with Crippen LogP contribution < -0.4 is 0 Å². The molecule has 2 aromatic rings. The Bertz CT molecular complexity index is 984. The Labute approximate surface area is 160 Å². The smallest absolute Gasteiger partial charge is 0.257 e. The van der Waals surface area contributed by atoms with Gasteiger partial charge in [-0.2, -0.15) is 4.31 Å². The van der Waals surface area contributed by atoms with Crippen LogP contribution in [0.25, 0.3) is 0 Å². The third kappa shape index (κ3) is 3.53. The van der Waals surface area contributed by atoms with Crippen molar-refractivity contribution >= 4 is 15.9 Å². The number of furan rings is 1. The minimum Gasteiger partial charge on any atom is -0.466 e. The molecule has 0 bridgehead atoms. The molecule has 146 valence electrons. The van der Waals surface area contributed by atoms with Gasteiger partial charge in [0.05, 0.1) is 10.5 Å². The van der Waals surface area contributed by atoms with E-state index >= 15 is 0 Å². The molecule has 27 heavy (non-hydrogen) atoms. The maximum Gasteiger partial charge on any atom is 0.257 e. The van der Waals surface area contributed by atoms with Gasteiger partial charge in [-0.15, -0.1) is 0 Å². The topological polar surface area (TPSA) is 70.8 Å². The molecular weight excluding hydrogens is 364 g/mol. The van der Waals surface area contributed by atoms with Crippen LogP contribution in [0.3, 0.4) is 0 Å². The molecule has 0 atom stereocenters. The first-order valence-electron chi connectivity index (χ1n) is 9.06. The first kappa shape index (κ1) is 19.6. The van der Waals surface area contributed by atoms with Crippen molar-refractivity contribution in [3.05, 3.63) is 52.0 Å². The molecule has 6 nitrogen and oxygen atoms in total. The van der Waals surface area contributed by atoms with Crippen molar-refractivity contribution in [3.63, 3.8) is 0 Å². The molecule has 1 aliphatic rings. The second-order valence-corrected chi connectivity index (χ2v) is 9.09. The lowest BCUT2D eigenvalue weighted by Crippen LogP contribution is -2.50. The molecule has 0 aliphatic carbocycles. The number of carbonyl (C=O) groups excluding carboxylic acids is 1. The summed E-state index contributed by atoms with van der Waals surface area (Å²) in [5, 5.41) is 0. The Kier molecular flexibility index (Phi) is 5.18. The fourth-order valence-electron chi connectivity index (χ4n) is 3.52. The Balaban J connectivity index is 1.77. The lowest BCUT2D eigenvalue weighted by molar-refractivity contribution is 0.0695. The Hall–Kier alpha value is -2.12. The number of amides is 1. The van der Waals surface area contributed by atoms with Gasteiger partial charge in [-0.05, 0) is 51.8 Å². The molecule has 7 heteroatoms. The SMILES string of the molecule is Cc1ccc(C)c(S(=O)(=O)N2CCN(C(=O)c3c(C)oc(C)c3C)CC2)c1. The minimum atomic E-state index is -3.56. The molecule has 0 saturated carbocycles. The van der Waals surface area contributed by atoms with Crippen LogP contribution in [0.15, 0.2) is 27.5 Å². The second kappa shape index (κ2) is 7.13. The molecule has 0 spiro atoms. The van der Waals surface area contributed by atoms with Gasteiger partial charge in [0.1, 0.15) is 11.5 Å². The second-order valence-electron chi connectivity index (χ2n) is 7.18. The Morgan fingerprint density at radius 1 is 0.963 bits per heavy atom. The quantitative estimate of drug-likeness (QED) is 0.808. The molecule has 1 aliphatic heterocycles. The number of hydrogen-bond donors (Lipinski definition) is 0. The standard InChI is InChI=1S/C20H26N2O4S/c1-13-6-7-14(2)18(12-13)27(24,25)22-10-8-21(9-11-22)20(23)19-15(3)16(4)26-17(19)5/h6-7,12H,8-11H2,1-5H3. The first-order chi connectivity index (χ1) is 12.6. The highest BCUT2D eigenvalue weighted by Crippen LogP contribution is 2.25. The molecule has 2 heterocycles. The summed E-state index contributed by atoms with van der Waals surface area (Å²) in [4.78, 5) is 14.9. The Morgan fingerprint density at radius 2 is 1.59 bits per heavy atom. The van der Waals surface area contributed by atoms with Crippen LogP contribution in [0, 0.1) is 34.6 Å². The van der Waals surface area contributed by atoms with Gasteiger partial charge in [0, 0.05) is 31.7 Å². The van der Waals surface area contributed by atoms with Crippen LogP contribution in [0.5, 0.6) is 0 Å². The minimum absolute atomic E-state index is 0.0920. The highest BCUT2D eigenvalue weighted by atomic mass is 32.2. The number of rotatable bonds is 3. The van der Waals surface area contributed by atoms with Crippen molar-refractivity contribution in [2.24, 2.45) is 0 Å². The van der Waals surface area contributed by atoms with Gasteiger partial charge >= 0.3 is 0 Å². The number of aryl methyl sites for hydroxylation is 4. The molecule has 1 saturated heterocycles. The van der Waals surface area contributed by atoms with E-state index in [0.717, 1.165) is 22.5 Å². The van der Waals surface area contributed by atoms with Crippen molar-refractivity contribution < 1.29 is 17.6 Å². The maximum absolute atomic E-state index is 13.0. The average molecular weight is 391 g/mol. The van der Waals surface area contributed by atoms with E-state index in [1.54, 1.807) is 24.8 Å². The van der Waals surface area contributed by atoms with E-state index in [4.69, 9.17) is 4.42 Å². The molecule has 1 aromatic carbocycles. The van der Waals surface area contributed by atoms with Gasteiger partial charge in [0.25, 0.3) is 5.91 Å². The predicted molar refractivity (Wildman–Crippen MR) is 103 cm³/mol. The summed E-state index contributed by atoms with van der Waals surface area (Å²) in [6.07, 6.45) is 0. The van der Waals surface area contributed by atoms with Crippen LogP contribution >= 0.6 is 0 Å². The molecule has 0 N–H and O–H groups in total. The fourth-order valence-corrected chi connectivity index (χ4v) is 5.25. The lowest BCUT2D eigenvalue weighted by Gasteiger charge is -2.34. The third-order valence-corrected chi connectivity index (χ3v) is 7.30. The molecule has 3 rings (SSSR count). The van der Waals surface area contributed by atoms with E-state index in [9.17, 15) is 13.2 Å². The zero-order valence-electron chi connectivity index (χ0n) is 16.5. The van der Waals surface area contributed by atoms with Gasteiger partial charge in [-0.25, -0.2) is 8.42 Å². The van der Waals surface area contributed by atoms with Gasteiger partial charge < -0.3 is 9.32 Å². The van der Waals surface area contributed by atoms with Crippen molar-refractivity contribution in [1.82, 2.24) is 9.21 Å². The van der Waals surface area contributed by atoms with Crippen LogP contribution in [-0.4, -0.2) is 49.7 Å². The molecular formula is C20H26N2O4S. The molecule has 1 aromatic heterocycles. The third-order valence-electron chi connectivity index (χ3n) is 5.26. The fraction of sp³-hybridized carbons (Fsp3) is 0.450. The molecule has 0 unspecified atom stereocenters. The summed E-state index contributed by atoms with van der Waals surface area (Å²) in [6, 6.07) is 5.44. The molecule has 1 fully saturated rings. The van der Waals surface area contributed by atoms with E-state index in [1.807, 2.05) is 32.9 Å². The van der Waals surface area contributed by atoms with Crippen molar-refractivity contribution in [3.8, 4) is 0 Å². The summed E-state index contributed by atoms with van der Waals surface area (Å²) in [6.45, 7) is 10.5. The van der Waals surface area contributed by atoms with E-state index in [2.05, 4.69) is 0 Å². The lowest BCUT2D eigenvalue weighted by atomic mass is 10.1. The van der Waals surface area contributed by atoms with Crippen LogP contribution in [0.2, 0.25) is 0 Å². The largest absolute Gasteiger partial charge is 0.466 e. The van der Waals surface area contributed by atoms with Crippen molar-refractivity contribution in [1.29, 1.82) is 0 Å². The molecule has 0 radical (unpaired) electrons. The van der Waals surface area contributed by atoms with E-state index in [-0.39, 0.29) is 19.0 Å². The summed E-state index contributed by atoms with van der Waals surface area (Å²) >= 11 is 0. The van der Waals surface area contributed by atoms with E-state index in [1.165, 1.54) is 4.31 Å². The van der Waals surface area contributed by atoms with Gasteiger partial charge in [-0.3, -0.25) is 4.79 Å². The summed E-state index contributed by atoms with van der Waals surface area (Å²) < 4.78 is 33.1. The number of nitrogens with zero attached hydrogens (tertiary/aromatic N) is 2. The van der Waals surface area contributed by atoms with Gasteiger partial charge in [0.15, 0.2) is 0 Å². The predicted octanol–water partition coefficient (Wildman–Crippen LogP) is 2.97. The van der Waals surface area contributed by atoms with Gasteiger partial charge in [-0.1, -0.05) is 12.1 Å². The maximum atomic E-state index is 13.0. The highest BCUT2D eigenvalue weighted by molar-refractivity contribution is 7.89. The average Bonchev–Trinajstić information content (AvgIpc) is 2.88. The number of hydrogen-bond acceptors (Lipinski definition) is 4. The van der Waals surface area contributed by atoms with E-state index in [0.29, 0.717) is 29.3 Å². The summed E-state index contributed by atoms with van der Waals surface area (Å²) in [7, 11) is -3.56. The van der Waals surface area contributed by atoms with Crippen LogP contribution in [0.4, 0.5) is 0 Å². The number of piperazine rings is 1. The normalized spacial score (nSPS) is 16.0. The molecule has 1 amide bonds. The monoisotopic (exact) mass is 390 g/mol. The number of benzene rings is 1. The summed E-state index contributed by atoms with van der Waals surface area (Å²) in [5.41, 5.74) is 3.09. The van der Waals surface area contributed by atoms with Crippen LogP contribution in [-0.2, 0) is 10.0 Å².